The molecule has 0 aliphatic heterocycles. The van der Waals surface area contributed by atoms with E-state index in [0.29, 0.717) is 0 Å². The van der Waals surface area contributed by atoms with Crippen LogP contribution >= 0.6 is 0 Å². The number of aliphatic carboxylic acids is 1. The molecule has 82 valence electrons. The maximum absolute atomic E-state index is 11.5. The second-order valence-electron chi connectivity index (χ2n) is 2.87. The molecule has 0 aromatic carbocycles. The van der Waals surface area contributed by atoms with Crippen molar-refractivity contribution in [3.63, 3.8) is 0 Å². The molecule has 1 amide bonds. The van der Waals surface area contributed by atoms with Gasteiger partial charge in [-0.15, -0.1) is 0 Å². The Morgan fingerprint density at radius 3 is 2.07 bits per heavy atom. The topological polar surface area (TPSA) is 115 Å². The van der Waals surface area contributed by atoms with Crippen LogP contribution in [0.25, 0.3) is 0 Å². The first-order valence-electron chi connectivity index (χ1n) is 4.00. The highest BCUT2D eigenvalue weighted by molar-refractivity contribution is 7.94. The quantitative estimate of drug-likeness (QED) is 0.629. The third-order valence-electron chi connectivity index (χ3n) is 1.93. The summed E-state index contributed by atoms with van der Waals surface area (Å²) in [6.07, 6.45) is -0.0186. The number of carboxylic acid groups (broad SMARTS) is 1. The highest BCUT2D eigenvalue weighted by Crippen LogP contribution is 2.12. The Hall–Kier alpha value is -1.11. The van der Waals surface area contributed by atoms with Crippen molar-refractivity contribution < 1.29 is 23.1 Å². The van der Waals surface area contributed by atoms with Crippen molar-refractivity contribution in [1.29, 1.82) is 0 Å². The van der Waals surface area contributed by atoms with E-state index < -0.39 is 32.2 Å². The van der Waals surface area contributed by atoms with Crippen molar-refractivity contribution >= 4 is 21.7 Å². The standard InChI is InChI=1S/C7H13NO5S/c1-3-5(6(8)9)14(12,13)4(2)7(10)11/h4-5H,3H2,1-2H3,(H2,8,9)(H,10,11). The average molecular weight is 223 g/mol. The second-order valence-corrected chi connectivity index (χ2v) is 5.32. The first-order valence-corrected chi connectivity index (χ1v) is 5.60. The summed E-state index contributed by atoms with van der Waals surface area (Å²) in [5.41, 5.74) is 4.86. The minimum atomic E-state index is -4.02. The Morgan fingerprint density at radius 2 is 1.86 bits per heavy atom. The van der Waals surface area contributed by atoms with Gasteiger partial charge in [-0.05, 0) is 13.3 Å². The Labute approximate surface area is 82.0 Å². The zero-order chi connectivity index (χ0) is 11.5. The van der Waals surface area contributed by atoms with E-state index in [1.54, 1.807) is 0 Å². The van der Waals surface area contributed by atoms with Gasteiger partial charge in [0.15, 0.2) is 15.1 Å². The first-order chi connectivity index (χ1) is 6.25. The molecule has 0 fully saturated rings. The average Bonchev–Trinajstić information content (AvgIpc) is 2.02. The molecule has 0 spiro atoms. The number of carbonyl (C=O) groups is 2. The van der Waals surface area contributed by atoms with E-state index >= 15 is 0 Å². The summed E-state index contributed by atoms with van der Waals surface area (Å²) >= 11 is 0. The predicted octanol–water partition coefficient (Wildman–Crippen LogP) is -0.862. The summed E-state index contributed by atoms with van der Waals surface area (Å²) in [6.45, 7) is 2.48. The van der Waals surface area contributed by atoms with E-state index in [9.17, 15) is 18.0 Å². The van der Waals surface area contributed by atoms with Gasteiger partial charge in [-0.3, -0.25) is 9.59 Å². The van der Waals surface area contributed by atoms with E-state index in [0.717, 1.165) is 6.92 Å². The molecule has 0 aliphatic carbocycles. The Bertz CT molecular complexity index is 334. The molecule has 6 nitrogen and oxygen atoms in total. The number of rotatable bonds is 5. The Kier molecular flexibility index (Phi) is 4.06. The van der Waals surface area contributed by atoms with E-state index in [1.165, 1.54) is 6.92 Å². The molecule has 0 aromatic rings. The van der Waals surface area contributed by atoms with Gasteiger partial charge in [0, 0.05) is 0 Å². The summed E-state index contributed by atoms with van der Waals surface area (Å²) in [5.74, 6) is -2.50. The molecule has 2 unspecified atom stereocenters. The van der Waals surface area contributed by atoms with E-state index in [1.807, 2.05) is 0 Å². The molecule has 0 heterocycles. The third kappa shape index (κ3) is 2.44. The van der Waals surface area contributed by atoms with Gasteiger partial charge >= 0.3 is 5.97 Å². The lowest BCUT2D eigenvalue weighted by Gasteiger charge is -2.14. The summed E-state index contributed by atoms with van der Waals surface area (Å²) in [4.78, 5) is 21.2. The molecule has 0 radical (unpaired) electrons. The van der Waals surface area contributed by atoms with Crippen LogP contribution in [0.3, 0.4) is 0 Å². The number of primary amides is 1. The van der Waals surface area contributed by atoms with Crippen LogP contribution in [-0.4, -0.2) is 35.9 Å². The SMILES string of the molecule is CCC(C(N)=O)S(=O)(=O)C(C)C(=O)O. The van der Waals surface area contributed by atoms with E-state index in [2.05, 4.69) is 0 Å². The van der Waals surface area contributed by atoms with Gasteiger partial charge in [-0.1, -0.05) is 6.92 Å². The fourth-order valence-electron chi connectivity index (χ4n) is 0.982. The van der Waals surface area contributed by atoms with Crippen molar-refractivity contribution in [1.82, 2.24) is 0 Å². The van der Waals surface area contributed by atoms with Crippen molar-refractivity contribution in [3.8, 4) is 0 Å². The van der Waals surface area contributed by atoms with Gasteiger partial charge < -0.3 is 10.8 Å². The number of hydrogen-bond donors (Lipinski definition) is 2. The lowest BCUT2D eigenvalue weighted by molar-refractivity contribution is -0.136. The molecule has 7 heteroatoms. The number of sulfone groups is 1. The highest BCUT2D eigenvalue weighted by Gasteiger charge is 2.37. The summed E-state index contributed by atoms with van der Waals surface area (Å²) in [6, 6.07) is 0. The normalized spacial score (nSPS) is 15.9. The highest BCUT2D eigenvalue weighted by atomic mass is 32.2. The lowest BCUT2D eigenvalue weighted by Crippen LogP contribution is -2.42. The van der Waals surface area contributed by atoms with Crippen LogP contribution in [0.1, 0.15) is 20.3 Å². The number of hydrogen-bond acceptors (Lipinski definition) is 4. The molecular formula is C7H13NO5S. The molecule has 0 bridgehead atoms. The maximum atomic E-state index is 11.5. The molecule has 0 saturated heterocycles. The molecule has 0 aliphatic rings. The van der Waals surface area contributed by atoms with Crippen molar-refractivity contribution in [3.05, 3.63) is 0 Å². The number of amides is 1. The number of carbonyl (C=O) groups excluding carboxylic acids is 1. The fourth-order valence-corrected chi connectivity index (χ4v) is 2.54. The third-order valence-corrected chi connectivity index (χ3v) is 4.47. The van der Waals surface area contributed by atoms with E-state index in [4.69, 9.17) is 10.8 Å². The smallest absolute Gasteiger partial charge is 0.321 e. The minimum Gasteiger partial charge on any atom is -0.480 e. The van der Waals surface area contributed by atoms with Crippen LogP contribution in [0.15, 0.2) is 0 Å². The second kappa shape index (κ2) is 4.41. The molecule has 3 N–H and O–H groups in total. The number of carboxylic acids is 1. The van der Waals surface area contributed by atoms with Crippen LogP contribution in [0.4, 0.5) is 0 Å². The molecule has 0 rings (SSSR count). The van der Waals surface area contributed by atoms with Gasteiger partial charge in [0.1, 0.15) is 5.25 Å². The number of nitrogens with two attached hydrogens (primary N) is 1. The maximum Gasteiger partial charge on any atom is 0.321 e. The first kappa shape index (κ1) is 12.9. The Balaban J connectivity index is 5.13. The van der Waals surface area contributed by atoms with Crippen molar-refractivity contribution in [2.24, 2.45) is 5.73 Å². The van der Waals surface area contributed by atoms with Gasteiger partial charge in [0.2, 0.25) is 5.91 Å². The van der Waals surface area contributed by atoms with Crippen LogP contribution in [0, 0.1) is 0 Å². The Morgan fingerprint density at radius 1 is 1.43 bits per heavy atom. The zero-order valence-electron chi connectivity index (χ0n) is 7.93. The monoisotopic (exact) mass is 223 g/mol. The van der Waals surface area contributed by atoms with Crippen LogP contribution < -0.4 is 5.73 Å². The lowest BCUT2D eigenvalue weighted by atomic mass is 10.3. The van der Waals surface area contributed by atoms with Crippen LogP contribution in [0.2, 0.25) is 0 Å². The van der Waals surface area contributed by atoms with E-state index in [-0.39, 0.29) is 6.42 Å². The van der Waals surface area contributed by atoms with Crippen molar-refractivity contribution in [2.45, 2.75) is 30.8 Å². The van der Waals surface area contributed by atoms with Crippen LogP contribution in [0.5, 0.6) is 0 Å². The molecule has 0 saturated carbocycles. The summed E-state index contributed by atoms with van der Waals surface area (Å²) in [7, 11) is -4.02. The minimum absolute atomic E-state index is 0.0186. The van der Waals surface area contributed by atoms with Crippen LogP contribution in [-0.2, 0) is 19.4 Å². The summed E-state index contributed by atoms with van der Waals surface area (Å²) < 4.78 is 22.9. The zero-order valence-corrected chi connectivity index (χ0v) is 8.74. The van der Waals surface area contributed by atoms with Gasteiger partial charge in [0.25, 0.3) is 0 Å². The fraction of sp³-hybridized carbons (Fsp3) is 0.714. The van der Waals surface area contributed by atoms with Crippen molar-refractivity contribution in [2.75, 3.05) is 0 Å². The predicted molar refractivity (Wildman–Crippen MR) is 49.3 cm³/mol. The molecule has 14 heavy (non-hydrogen) atoms. The summed E-state index contributed by atoms with van der Waals surface area (Å²) in [5, 5.41) is 5.48. The van der Waals surface area contributed by atoms with Gasteiger partial charge in [-0.2, -0.15) is 0 Å². The molecule has 2 atom stereocenters. The van der Waals surface area contributed by atoms with Gasteiger partial charge in [0.05, 0.1) is 0 Å². The molecule has 0 aromatic heterocycles. The van der Waals surface area contributed by atoms with Gasteiger partial charge in [-0.25, -0.2) is 8.42 Å². The molecular weight excluding hydrogens is 210 g/mol. The largest absolute Gasteiger partial charge is 0.480 e.